The van der Waals surface area contributed by atoms with Gasteiger partial charge in [-0.15, -0.1) is 0 Å². The van der Waals surface area contributed by atoms with E-state index in [9.17, 15) is 0 Å². The summed E-state index contributed by atoms with van der Waals surface area (Å²) in [5.41, 5.74) is 2.04. The van der Waals surface area contributed by atoms with E-state index in [0.29, 0.717) is 6.04 Å². The molecule has 3 heteroatoms. The summed E-state index contributed by atoms with van der Waals surface area (Å²) in [7, 11) is 1.70. The molecule has 2 unspecified atom stereocenters. The molecule has 0 radical (unpaired) electrons. The summed E-state index contributed by atoms with van der Waals surface area (Å²) in [6.45, 7) is 3.17. The van der Waals surface area contributed by atoms with E-state index in [1.54, 1.807) is 7.11 Å². The van der Waals surface area contributed by atoms with Gasteiger partial charge in [-0.1, -0.05) is 31.5 Å². The Morgan fingerprint density at radius 3 is 2.90 bits per heavy atom. The first kappa shape index (κ1) is 13.4. The third-order valence-electron chi connectivity index (χ3n) is 4.37. The van der Waals surface area contributed by atoms with Crippen LogP contribution < -0.4 is 10.1 Å². The van der Waals surface area contributed by atoms with Crippen molar-refractivity contribution in [3.8, 4) is 5.75 Å². The second-order valence-electron chi connectivity index (χ2n) is 5.73. The summed E-state index contributed by atoms with van der Waals surface area (Å²) in [5.74, 6) is 1.63. The highest BCUT2D eigenvalue weighted by atomic mass is 16.5. The molecule has 0 spiro atoms. The molecule has 1 heterocycles. The fraction of sp³-hybridized carbons (Fsp3) is 0.471. The number of aromatic nitrogens is 1. The Labute approximate surface area is 120 Å². The number of pyridine rings is 1. The largest absolute Gasteiger partial charge is 0.494 e. The lowest BCUT2D eigenvalue weighted by Gasteiger charge is -2.17. The van der Waals surface area contributed by atoms with Gasteiger partial charge in [-0.3, -0.25) is 0 Å². The number of hydrogen-bond donors (Lipinski definition) is 1. The number of fused-ring (bicyclic) bond motifs is 1. The van der Waals surface area contributed by atoms with Crippen LogP contribution in [0.1, 0.15) is 31.9 Å². The quantitative estimate of drug-likeness (QED) is 0.923. The highest BCUT2D eigenvalue weighted by Crippen LogP contribution is 2.26. The van der Waals surface area contributed by atoms with Crippen LogP contribution in [0.5, 0.6) is 5.75 Å². The Morgan fingerprint density at radius 2 is 2.15 bits per heavy atom. The third-order valence-corrected chi connectivity index (χ3v) is 4.37. The van der Waals surface area contributed by atoms with Crippen LogP contribution in [0.4, 0.5) is 0 Å². The lowest BCUT2D eigenvalue weighted by Crippen LogP contribution is -2.30. The zero-order chi connectivity index (χ0) is 13.9. The first-order chi connectivity index (χ1) is 9.78. The summed E-state index contributed by atoms with van der Waals surface area (Å²) >= 11 is 0. The van der Waals surface area contributed by atoms with Gasteiger partial charge in [0.25, 0.3) is 0 Å². The van der Waals surface area contributed by atoms with Gasteiger partial charge < -0.3 is 10.1 Å². The van der Waals surface area contributed by atoms with Crippen LogP contribution in [0.15, 0.2) is 30.3 Å². The highest BCUT2D eigenvalue weighted by Gasteiger charge is 2.22. The number of nitrogens with one attached hydrogen (secondary N) is 1. The van der Waals surface area contributed by atoms with Crippen LogP contribution in [-0.2, 0) is 6.54 Å². The van der Waals surface area contributed by atoms with E-state index in [0.717, 1.165) is 34.8 Å². The summed E-state index contributed by atoms with van der Waals surface area (Å²) in [5, 5.41) is 4.77. The summed E-state index contributed by atoms with van der Waals surface area (Å²) < 4.78 is 5.39. The van der Waals surface area contributed by atoms with E-state index in [1.807, 2.05) is 12.1 Å². The minimum atomic E-state index is 0.644. The van der Waals surface area contributed by atoms with Crippen molar-refractivity contribution < 1.29 is 4.74 Å². The molecule has 2 aromatic rings. The van der Waals surface area contributed by atoms with Gasteiger partial charge >= 0.3 is 0 Å². The van der Waals surface area contributed by atoms with Crippen molar-refractivity contribution in [3.05, 3.63) is 36.0 Å². The van der Waals surface area contributed by atoms with Crippen LogP contribution in [0.25, 0.3) is 10.9 Å². The molecule has 1 saturated carbocycles. The molecule has 1 fully saturated rings. The number of ether oxygens (including phenoxy) is 1. The zero-order valence-corrected chi connectivity index (χ0v) is 12.2. The van der Waals surface area contributed by atoms with Crippen molar-refractivity contribution in [2.75, 3.05) is 7.11 Å². The maximum absolute atomic E-state index is 5.39. The minimum Gasteiger partial charge on any atom is -0.494 e. The van der Waals surface area contributed by atoms with Crippen LogP contribution in [0.2, 0.25) is 0 Å². The Hall–Kier alpha value is -1.61. The fourth-order valence-corrected chi connectivity index (χ4v) is 3.11. The number of hydrogen-bond acceptors (Lipinski definition) is 3. The Morgan fingerprint density at radius 1 is 1.25 bits per heavy atom. The molecule has 0 aliphatic heterocycles. The SMILES string of the molecule is COc1cccc2ccc(CNC3CCCC3C)nc12. The third kappa shape index (κ3) is 2.63. The normalized spacial score (nSPS) is 22.3. The van der Waals surface area contributed by atoms with E-state index in [2.05, 4.69) is 30.4 Å². The van der Waals surface area contributed by atoms with Crippen molar-refractivity contribution in [1.82, 2.24) is 10.3 Å². The van der Waals surface area contributed by atoms with E-state index in [1.165, 1.54) is 19.3 Å². The Kier molecular flexibility index (Phi) is 3.88. The predicted molar refractivity (Wildman–Crippen MR) is 81.9 cm³/mol. The van der Waals surface area contributed by atoms with E-state index in [-0.39, 0.29) is 0 Å². The second-order valence-corrected chi connectivity index (χ2v) is 5.73. The molecule has 0 saturated heterocycles. The molecular weight excluding hydrogens is 248 g/mol. The van der Waals surface area contributed by atoms with Gasteiger partial charge in [0.05, 0.1) is 12.8 Å². The fourth-order valence-electron chi connectivity index (χ4n) is 3.11. The maximum atomic E-state index is 5.39. The molecule has 1 N–H and O–H groups in total. The van der Waals surface area contributed by atoms with Crippen molar-refractivity contribution in [2.24, 2.45) is 5.92 Å². The molecule has 0 bridgehead atoms. The molecule has 0 amide bonds. The first-order valence-corrected chi connectivity index (χ1v) is 7.44. The average Bonchev–Trinajstić information content (AvgIpc) is 2.89. The summed E-state index contributed by atoms with van der Waals surface area (Å²) in [4.78, 5) is 4.74. The number of rotatable bonds is 4. The van der Waals surface area contributed by atoms with Gasteiger partial charge in [0.1, 0.15) is 11.3 Å². The smallest absolute Gasteiger partial charge is 0.145 e. The Balaban J connectivity index is 1.78. The van der Waals surface area contributed by atoms with Gasteiger partial charge in [0.2, 0.25) is 0 Å². The van der Waals surface area contributed by atoms with Crippen LogP contribution >= 0.6 is 0 Å². The van der Waals surface area contributed by atoms with E-state index in [4.69, 9.17) is 9.72 Å². The number of nitrogens with zero attached hydrogens (tertiary/aromatic N) is 1. The van der Waals surface area contributed by atoms with Gasteiger partial charge in [-0.25, -0.2) is 4.98 Å². The lowest BCUT2D eigenvalue weighted by molar-refractivity contribution is 0.417. The van der Waals surface area contributed by atoms with Crippen LogP contribution in [0, 0.1) is 5.92 Å². The molecule has 3 rings (SSSR count). The molecule has 106 valence electrons. The van der Waals surface area contributed by atoms with E-state index >= 15 is 0 Å². The molecule has 1 aromatic heterocycles. The predicted octanol–water partition coefficient (Wildman–Crippen LogP) is 3.52. The van der Waals surface area contributed by atoms with Crippen molar-refractivity contribution in [2.45, 2.75) is 38.8 Å². The first-order valence-electron chi connectivity index (χ1n) is 7.44. The molecule has 1 aliphatic rings. The highest BCUT2D eigenvalue weighted by molar-refractivity contribution is 5.84. The van der Waals surface area contributed by atoms with Crippen LogP contribution in [0.3, 0.4) is 0 Å². The molecule has 1 aliphatic carbocycles. The monoisotopic (exact) mass is 270 g/mol. The number of benzene rings is 1. The topological polar surface area (TPSA) is 34.1 Å². The van der Waals surface area contributed by atoms with Crippen molar-refractivity contribution in [3.63, 3.8) is 0 Å². The van der Waals surface area contributed by atoms with Crippen molar-refractivity contribution >= 4 is 10.9 Å². The number of para-hydroxylation sites is 1. The van der Waals surface area contributed by atoms with E-state index < -0.39 is 0 Å². The summed E-state index contributed by atoms with van der Waals surface area (Å²) in [6, 6.07) is 10.9. The average molecular weight is 270 g/mol. The van der Waals surface area contributed by atoms with Gasteiger partial charge in [-0.05, 0) is 30.9 Å². The minimum absolute atomic E-state index is 0.644. The van der Waals surface area contributed by atoms with Gasteiger partial charge in [0.15, 0.2) is 0 Å². The standard InChI is InChI=1S/C17H22N2O/c1-12-5-3-7-15(12)18-11-14-10-9-13-6-4-8-16(20-2)17(13)19-14/h4,6,8-10,12,15,18H,3,5,7,11H2,1-2H3. The second kappa shape index (κ2) is 5.80. The number of methoxy groups -OCH3 is 1. The summed E-state index contributed by atoms with van der Waals surface area (Å²) in [6.07, 6.45) is 3.98. The molecular formula is C17H22N2O. The Bertz CT molecular complexity index is 597. The zero-order valence-electron chi connectivity index (χ0n) is 12.2. The van der Waals surface area contributed by atoms with Gasteiger partial charge in [-0.2, -0.15) is 0 Å². The van der Waals surface area contributed by atoms with Gasteiger partial charge in [0, 0.05) is 18.0 Å². The lowest BCUT2D eigenvalue weighted by atomic mass is 10.1. The van der Waals surface area contributed by atoms with Crippen LogP contribution in [-0.4, -0.2) is 18.1 Å². The van der Waals surface area contributed by atoms with Crippen molar-refractivity contribution in [1.29, 1.82) is 0 Å². The molecule has 2 atom stereocenters. The molecule has 3 nitrogen and oxygen atoms in total. The maximum Gasteiger partial charge on any atom is 0.145 e. The molecule has 1 aromatic carbocycles. The molecule has 20 heavy (non-hydrogen) atoms.